The molecule has 0 saturated heterocycles. The average Bonchev–Trinajstić information content (AvgIpc) is 2.59. The summed E-state index contributed by atoms with van der Waals surface area (Å²) in [6.45, 7) is 3.14. The molecule has 0 unspecified atom stereocenters. The first kappa shape index (κ1) is 22.5. The zero-order chi connectivity index (χ0) is 17.8. The Morgan fingerprint density at radius 2 is 1.22 bits per heavy atom. The van der Waals surface area contributed by atoms with E-state index in [9.17, 15) is 4.79 Å². The highest BCUT2D eigenvalue weighted by Gasteiger charge is 2.36. The van der Waals surface area contributed by atoms with Crippen LogP contribution in [-0.2, 0) is 22.1 Å². The van der Waals surface area contributed by atoms with Gasteiger partial charge in [0.1, 0.15) is 0 Å². The summed E-state index contributed by atoms with van der Waals surface area (Å²) in [5.41, 5.74) is 0. The van der Waals surface area contributed by atoms with Gasteiger partial charge in [-0.1, -0.05) is 0 Å². The fourth-order valence-electron chi connectivity index (χ4n) is 2.02. The predicted octanol–water partition coefficient (Wildman–Crippen LogP) is 1.31. The molecule has 10 heteroatoms. The molecule has 0 bridgehead atoms. The average molecular weight is 369 g/mol. The maximum atomic E-state index is 11.7. The summed E-state index contributed by atoms with van der Waals surface area (Å²) >= 11 is 0. The van der Waals surface area contributed by atoms with Gasteiger partial charge in [-0.25, -0.2) is 4.79 Å². The number of nitrogens with one attached hydrogen (secondary N) is 2. The van der Waals surface area contributed by atoms with Crippen molar-refractivity contribution in [1.29, 1.82) is 0 Å². The van der Waals surface area contributed by atoms with E-state index in [4.69, 9.17) is 22.1 Å². The van der Waals surface area contributed by atoms with Gasteiger partial charge in [-0.15, -0.1) is 0 Å². The second-order valence-electron chi connectivity index (χ2n) is 5.23. The van der Waals surface area contributed by atoms with Crippen LogP contribution in [0.5, 0.6) is 0 Å². The van der Waals surface area contributed by atoms with Gasteiger partial charge in [0.25, 0.3) is 0 Å². The van der Waals surface area contributed by atoms with Gasteiger partial charge < -0.3 is 32.8 Å². The van der Waals surface area contributed by atoms with Crippen molar-refractivity contribution in [2.75, 3.05) is 48.6 Å². The molecular formula is C13H32N2O6Si2. The van der Waals surface area contributed by atoms with Crippen molar-refractivity contribution in [2.24, 2.45) is 0 Å². The monoisotopic (exact) mass is 368 g/mol. The Kier molecular flexibility index (Phi) is 11.7. The van der Waals surface area contributed by atoms with Crippen molar-refractivity contribution in [1.82, 2.24) is 10.6 Å². The lowest BCUT2D eigenvalue weighted by Gasteiger charge is -2.24. The molecule has 0 aromatic rings. The van der Waals surface area contributed by atoms with E-state index in [1.54, 1.807) is 35.5 Å². The number of amides is 2. The second kappa shape index (κ2) is 12.0. The Hall–Kier alpha value is -0.496. The minimum Gasteiger partial charge on any atom is -0.398 e. The molecule has 0 rings (SSSR count). The Morgan fingerprint density at radius 1 is 0.783 bits per heavy atom. The summed E-state index contributed by atoms with van der Waals surface area (Å²) in [7, 11) is 3.48. The van der Waals surface area contributed by atoms with Crippen LogP contribution in [0.15, 0.2) is 0 Å². The lowest BCUT2D eigenvalue weighted by molar-refractivity contribution is 0.123. The Balaban J connectivity index is 3.80. The molecule has 0 aromatic carbocycles. The molecule has 0 saturated carbocycles. The van der Waals surface area contributed by atoms with Crippen LogP contribution in [0, 0.1) is 0 Å². The SMILES string of the molecule is CO[Si](C)(CCCNC(=O)NCCC[Si](OC)(OC)OC)OC. The van der Waals surface area contributed by atoms with Gasteiger partial charge in [-0.05, 0) is 25.4 Å². The molecule has 0 aliphatic rings. The van der Waals surface area contributed by atoms with E-state index in [1.807, 2.05) is 6.55 Å². The van der Waals surface area contributed by atoms with Gasteiger partial charge >= 0.3 is 23.4 Å². The molecule has 0 aromatic heterocycles. The number of rotatable bonds is 13. The Morgan fingerprint density at radius 3 is 1.61 bits per heavy atom. The lowest BCUT2D eigenvalue weighted by Crippen LogP contribution is -2.44. The highest BCUT2D eigenvalue weighted by molar-refractivity contribution is 6.65. The summed E-state index contributed by atoms with van der Waals surface area (Å²) in [4.78, 5) is 11.7. The molecule has 0 radical (unpaired) electrons. The lowest BCUT2D eigenvalue weighted by atomic mass is 10.4. The third kappa shape index (κ3) is 8.79. The second-order valence-corrected chi connectivity index (χ2v) is 11.9. The molecule has 0 atom stereocenters. The van der Waals surface area contributed by atoms with Gasteiger partial charge in [0.2, 0.25) is 0 Å². The van der Waals surface area contributed by atoms with E-state index >= 15 is 0 Å². The van der Waals surface area contributed by atoms with Crippen LogP contribution in [0.4, 0.5) is 4.79 Å². The molecule has 0 aliphatic carbocycles. The van der Waals surface area contributed by atoms with E-state index in [-0.39, 0.29) is 6.03 Å². The van der Waals surface area contributed by atoms with Crippen LogP contribution in [0.3, 0.4) is 0 Å². The topological polar surface area (TPSA) is 87.3 Å². The first-order chi connectivity index (χ1) is 10.9. The number of hydrogen-bond acceptors (Lipinski definition) is 6. The number of carbonyl (C=O) groups excluding carboxylic acids is 1. The van der Waals surface area contributed by atoms with Crippen molar-refractivity contribution < 1.29 is 26.9 Å². The highest BCUT2D eigenvalue weighted by Crippen LogP contribution is 2.14. The molecular weight excluding hydrogens is 336 g/mol. The molecule has 23 heavy (non-hydrogen) atoms. The van der Waals surface area contributed by atoms with Crippen LogP contribution in [0.25, 0.3) is 0 Å². The van der Waals surface area contributed by atoms with Crippen LogP contribution >= 0.6 is 0 Å². The molecule has 2 amide bonds. The summed E-state index contributed by atoms with van der Waals surface area (Å²) in [5, 5.41) is 5.63. The quantitative estimate of drug-likeness (QED) is 0.376. The molecule has 0 fully saturated rings. The van der Waals surface area contributed by atoms with Gasteiger partial charge in [0.05, 0.1) is 0 Å². The fraction of sp³-hybridized carbons (Fsp3) is 0.923. The van der Waals surface area contributed by atoms with E-state index in [1.165, 1.54) is 0 Å². The summed E-state index contributed by atoms with van der Waals surface area (Å²) in [5.74, 6) is 0. The first-order valence-electron chi connectivity index (χ1n) is 7.68. The van der Waals surface area contributed by atoms with Gasteiger partial charge in [0.15, 0.2) is 0 Å². The Labute approximate surface area is 141 Å². The third-order valence-electron chi connectivity index (χ3n) is 3.84. The molecule has 138 valence electrons. The van der Waals surface area contributed by atoms with E-state index < -0.39 is 17.4 Å². The Bertz CT molecular complexity index is 319. The van der Waals surface area contributed by atoms with Crippen molar-refractivity contribution in [3.8, 4) is 0 Å². The maximum absolute atomic E-state index is 11.7. The molecule has 0 spiro atoms. The fourth-order valence-corrected chi connectivity index (χ4v) is 5.14. The molecule has 0 heterocycles. The third-order valence-corrected chi connectivity index (χ3v) is 9.66. The van der Waals surface area contributed by atoms with Crippen LogP contribution in [0.2, 0.25) is 18.6 Å². The minimum atomic E-state index is -2.54. The van der Waals surface area contributed by atoms with Crippen molar-refractivity contribution in [2.45, 2.75) is 31.5 Å². The van der Waals surface area contributed by atoms with E-state index in [0.717, 1.165) is 18.9 Å². The molecule has 8 nitrogen and oxygen atoms in total. The number of urea groups is 1. The van der Waals surface area contributed by atoms with Gasteiger partial charge in [-0.2, -0.15) is 0 Å². The molecule has 2 N–H and O–H groups in total. The number of hydrogen-bond donors (Lipinski definition) is 2. The van der Waals surface area contributed by atoms with E-state index in [0.29, 0.717) is 19.1 Å². The summed E-state index contributed by atoms with van der Waals surface area (Å²) < 4.78 is 26.8. The maximum Gasteiger partial charge on any atom is 0.500 e. The zero-order valence-electron chi connectivity index (χ0n) is 15.2. The first-order valence-corrected chi connectivity index (χ1v) is 12.1. The van der Waals surface area contributed by atoms with Crippen molar-refractivity contribution in [3.63, 3.8) is 0 Å². The highest BCUT2D eigenvalue weighted by atomic mass is 28.4. The predicted molar refractivity (Wildman–Crippen MR) is 92.7 cm³/mol. The summed E-state index contributed by atoms with van der Waals surface area (Å²) in [6.07, 6.45) is 1.55. The largest absolute Gasteiger partial charge is 0.500 e. The van der Waals surface area contributed by atoms with E-state index in [2.05, 4.69) is 10.6 Å². The smallest absolute Gasteiger partial charge is 0.398 e. The van der Waals surface area contributed by atoms with Crippen LogP contribution in [-0.4, -0.2) is 72.0 Å². The summed E-state index contributed by atoms with van der Waals surface area (Å²) in [6, 6.07) is 1.31. The minimum absolute atomic E-state index is 0.178. The standard InChI is InChI=1S/C13H32N2O6Si2/c1-17-22(6,18-2)11-7-9-14-13(16)15-10-8-12-23(19-3,20-4)21-5/h7-12H2,1-6H3,(H2,14,15,16). The zero-order valence-corrected chi connectivity index (χ0v) is 17.2. The molecule has 0 aliphatic heterocycles. The van der Waals surface area contributed by atoms with Crippen LogP contribution < -0.4 is 10.6 Å². The van der Waals surface area contributed by atoms with Crippen LogP contribution in [0.1, 0.15) is 12.8 Å². The van der Waals surface area contributed by atoms with Crippen molar-refractivity contribution in [3.05, 3.63) is 0 Å². The van der Waals surface area contributed by atoms with Gasteiger partial charge in [-0.3, -0.25) is 0 Å². The van der Waals surface area contributed by atoms with Gasteiger partial charge in [0, 0.05) is 54.7 Å². The number of carbonyl (C=O) groups is 1. The normalized spacial score (nSPS) is 12.3. The van der Waals surface area contributed by atoms with Crippen molar-refractivity contribution >= 4 is 23.4 Å².